The third-order valence-electron chi connectivity index (χ3n) is 2.21. The molecule has 0 amide bonds. The van der Waals surface area contributed by atoms with Crippen LogP contribution in [0.5, 0.6) is 0 Å². The number of hydrogen-bond donors (Lipinski definition) is 0. The van der Waals surface area contributed by atoms with Gasteiger partial charge in [-0.3, -0.25) is 4.90 Å². The van der Waals surface area contributed by atoms with Gasteiger partial charge in [-0.25, -0.2) is 0 Å². The highest BCUT2D eigenvalue weighted by molar-refractivity contribution is 5.51. The smallest absolute Gasteiger partial charge is 0.133 e. The largest absolute Gasteiger partial charge is 0.302 e. The van der Waals surface area contributed by atoms with E-state index in [9.17, 15) is 4.79 Å². The number of aldehydes is 1. The van der Waals surface area contributed by atoms with Crippen LogP contribution in [0.15, 0.2) is 0 Å². The van der Waals surface area contributed by atoms with E-state index in [0.717, 1.165) is 25.3 Å². The zero-order valence-corrected chi connectivity index (χ0v) is 6.55. The Morgan fingerprint density at radius 3 is 2.60 bits per heavy atom. The lowest BCUT2D eigenvalue weighted by atomic mass is 9.99. The molecule has 2 nitrogen and oxygen atoms in total. The van der Waals surface area contributed by atoms with Gasteiger partial charge in [0.1, 0.15) is 6.29 Å². The summed E-state index contributed by atoms with van der Waals surface area (Å²) in [6.07, 6.45) is 3.51. The summed E-state index contributed by atoms with van der Waals surface area (Å²) in [6.45, 7) is 5.13. The van der Waals surface area contributed by atoms with Crippen molar-refractivity contribution in [1.82, 2.24) is 4.90 Å². The molecule has 0 saturated carbocycles. The lowest BCUT2D eigenvalue weighted by molar-refractivity contribution is -0.109. The van der Waals surface area contributed by atoms with Gasteiger partial charge in [-0.15, -0.1) is 0 Å². The molecule has 0 radical (unpaired) electrons. The van der Waals surface area contributed by atoms with Crippen LogP contribution in [-0.2, 0) is 4.79 Å². The van der Waals surface area contributed by atoms with Gasteiger partial charge in [-0.05, 0) is 31.8 Å². The normalized spacial score (nSPS) is 22.9. The predicted molar refractivity (Wildman–Crippen MR) is 40.9 cm³/mol. The number of rotatable bonds is 2. The Morgan fingerprint density at radius 1 is 1.50 bits per heavy atom. The summed E-state index contributed by atoms with van der Waals surface area (Å²) in [4.78, 5) is 12.3. The first-order valence-corrected chi connectivity index (χ1v) is 3.99. The zero-order valence-electron chi connectivity index (χ0n) is 6.55. The predicted octanol–water partition coefficient (Wildman–Crippen LogP) is 0.917. The minimum atomic E-state index is 0.632. The minimum absolute atomic E-state index is 0.632. The van der Waals surface area contributed by atoms with E-state index in [4.69, 9.17) is 0 Å². The molecule has 0 atom stereocenters. The highest BCUT2D eigenvalue weighted by Gasteiger charge is 2.13. The summed E-state index contributed by atoms with van der Waals surface area (Å²) in [7, 11) is 0. The van der Waals surface area contributed by atoms with Crippen LogP contribution in [0.2, 0.25) is 0 Å². The van der Waals surface area contributed by atoms with Crippen molar-refractivity contribution in [3.8, 4) is 0 Å². The Kier molecular flexibility index (Phi) is 2.87. The van der Waals surface area contributed by atoms with Gasteiger partial charge in [0, 0.05) is 0 Å². The molecule has 0 aromatic heterocycles. The first kappa shape index (κ1) is 7.73. The first-order chi connectivity index (χ1) is 4.83. The Hall–Kier alpha value is -0.370. The van der Waals surface area contributed by atoms with Crippen LogP contribution in [0.4, 0.5) is 0 Å². The third-order valence-corrected chi connectivity index (χ3v) is 2.21. The van der Waals surface area contributed by atoms with E-state index in [0.29, 0.717) is 6.54 Å². The van der Waals surface area contributed by atoms with Crippen LogP contribution < -0.4 is 0 Å². The summed E-state index contributed by atoms with van der Waals surface area (Å²) in [5, 5.41) is 0. The summed E-state index contributed by atoms with van der Waals surface area (Å²) >= 11 is 0. The Morgan fingerprint density at radius 2 is 2.10 bits per heavy atom. The van der Waals surface area contributed by atoms with Gasteiger partial charge in [-0.2, -0.15) is 0 Å². The van der Waals surface area contributed by atoms with Crippen molar-refractivity contribution in [2.45, 2.75) is 19.8 Å². The second-order valence-electron chi connectivity index (χ2n) is 3.15. The van der Waals surface area contributed by atoms with E-state index >= 15 is 0 Å². The standard InChI is InChI=1S/C8H15NO/c1-8-2-4-9(5-3-8)6-7-10/h7-8H,2-6H2,1H3. The van der Waals surface area contributed by atoms with Crippen molar-refractivity contribution in [3.05, 3.63) is 0 Å². The molecular formula is C8H15NO. The maximum Gasteiger partial charge on any atom is 0.133 e. The zero-order chi connectivity index (χ0) is 7.40. The quantitative estimate of drug-likeness (QED) is 0.533. The number of carbonyl (C=O) groups is 1. The van der Waals surface area contributed by atoms with Crippen LogP contribution in [0.1, 0.15) is 19.8 Å². The van der Waals surface area contributed by atoms with Crippen LogP contribution in [0.3, 0.4) is 0 Å². The molecule has 1 rings (SSSR count). The molecule has 1 saturated heterocycles. The van der Waals surface area contributed by atoms with E-state index in [1.54, 1.807) is 0 Å². The molecule has 2 heteroatoms. The lowest BCUT2D eigenvalue weighted by Crippen LogP contribution is -2.34. The molecular weight excluding hydrogens is 126 g/mol. The second kappa shape index (κ2) is 3.71. The molecule has 1 heterocycles. The summed E-state index contributed by atoms with van der Waals surface area (Å²) < 4.78 is 0. The highest BCUT2D eigenvalue weighted by atomic mass is 16.1. The maximum absolute atomic E-state index is 10.1. The van der Waals surface area contributed by atoms with Crippen molar-refractivity contribution in [2.75, 3.05) is 19.6 Å². The van der Waals surface area contributed by atoms with Crippen molar-refractivity contribution in [3.63, 3.8) is 0 Å². The van der Waals surface area contributed by atoms with Gasteiger partial charge in [0.25, 0.3) is 0 Å². The molecule has 1 aliphatic rings. The molecule has 0 spiro atoms. The van der Waals surface area contributed by atoms with Gasteiger partial charge in [0.05, 0.1) is 6.54 Å². The molecule has 0 aromatic rings. The topological polar surface area (TPSA) is 20.3 Å². The fourth-order valence-electron chi connectivity index (χ4n) is 1.35. The molecule has 1 aliphatic heterocycles. The summed E-state index contributed by atoms with van der Waals surface area (Å²) in [5.74, 6) is 0.864. The van der Waals surface area contributed by atoms with E-state index in [1.807, 2.05) is 0 Å². The first-order valence-electron chi connectivity index (χ1n) is 3.99. The summed E-state index contributed by atoms with van der Waals surface area (Å²) in [6, 6.07) is 0. The Labute approximate surface area is 62.2 Å². The molecule has 58 valence electrons. The van der Waals surface area contributed by atoms with Gasteiger partial charge in [-0.1, -0.05) is 6.92 Å². The number of nitrogens with zero attached hydrogens (tertiary/aromatic N) is 1. The molecule has 10 heavy (non-hydrogen) atoms. The molecule has 1 fully saturated rings. The Bertz CT molecular complexity index is 106. The lowest BCUT2D eigenvalue weighted by Gasteiger charge is -2.28. The highest BCUT2D eigenvalue weighted by Crippen LogP contribution is 2.14. The number of likely N-dealkylation sites (tertiary alicyclic amines) is 1. The van der Waals surface area contributed by atoms with E-state index < -0.39 is 0 Å². The summed E-state index contributed by atoms with van der Waals surface area (Å²) in [5.41, 5.74) is 0. The Balaban J connectivity index is 2.19. The maximum atomic E-state index is 10.1. The second-order valence-corrected chi connectivity index (χ2v) is 3.15. The minimum Gasteiger partial charge on any atom is -0.302 e. The van der Waals surface area contributed by atoms with Crippen molar-refractivity contribution >= 4 is 6.29 Å². The van der Waals surface area contributed by atoms with Crippen LogP contribution in [0.25, 0.3) is 0 Å². The van der Waals surface area contributed by atoms with Crippen molar-refractivity contribution in [2.24, 2.45) is 5.92 Å². The molecule has 0 aliphatic carbocycles. The SMILES string of the molecule is CC1CCN(CC=O)CC1. The average molecular weight is 141 g/mol. The van der Waals surface area contributed by atoms with Crippen LogP contribution in [0, 0.1) is 5.92 Å². The molecule has 0 unspecified atom stereocenters. The molecule has 0 N–H and O–H groups in total. The molecule has 0 aromatic carbocycles. The van der Waals surface area contributed by atoms with Crippen LogP contribution >= 0.6 is 0 Å². The fourth-order valence-corrected chi connectivity index (χ4v) is 1.35. The fraction of sp³-hybridized carbons (Fsp3) is 0.875. The number of carbonyl (C=O) groups excluding carboxylic acids is 1. The average Bonchev–Trinajstić information content (AvgIpc) is 1.95. The van der Waals surface area contributed by atoms with Crippen molar-refractivity contribution < 1.29 is 4.79 Å². The van der Waals surface area contributed by atoms with Gasteiger partial charge >= 0.3 is 0 Å². The number of piperidine rings is 1. The van der Waals surface area contributed by atoms with Gasteiger partial charge in [0.15, 0.2) is 0 Å². The van der Waals surface area contributed by atoms with Crippen molar-refractivity contribution in [1.29, 1.82) is 0 Å². The number of hydrogen-bond acceptors (Lipinski definition) is 2. The van der Waals surface area contributed by atoms with E-state index in [1.165, 1.54) is 12.8 Å². The molecule has 0 bridgehead atoms. The van der Waals surface area contributed by atoms with Gasteiger partial charge in [0.2, 0.25) is 0 Å². The third kappa shape index (κ3) is 2.10. The van der Waals surface area contributed by atoms with E-state index in [2.05, 4.69) is 11.8 Å². The van der Waals surface area contributed by atoms with Gasteiger partial charge < -0.3 is 4.79 Å². The van der Waals surface area contributed by atoms with Crippen LogP contribution in [-0.4, -0.2) is 30.8 Å². The van der Waals surface area contributed by atoms with E-state index in [-0.39, 0.29) is 0 Å². The monoisotopic (exact) mass is 141 g/mol.